The van der Waals surface area contributed by atoms with E-state index in [0.29, 0.717) is 11.7 Å². The van der Waals surface area contributed by atoms with E-state index in [1.807, 2.05) is 0 Å². The number of urea groups is 1. The lowest BCUT2D eigenvalue weighted by molar-refractivity contribution is 0.114. The van der Waals surface area contributed by atoms with Crippen molar-refractivity contribution in [3.05, 3.63) is 0 Å². The molecule has 0 saturated carbocycles. The summed E-state index contributed by atoms with van der Waals surface area (Å²) in [5, 5.41) is 3.24. The predicted octanol–water partition coefficient (Wildman–Crippen LogP) is -0.787. The first kappa shape index (κ1) is 11.0. The molecule has 1 aliphatic rings. The van der Waals surface area contributed by atoms with Gasteiger partial charge in [0.1, 0.15) is 0 Å². The molecular weight excluding hydrogens is 204 g/mol. The van der Waals surface area contributed by atoms with Gasteiger partial charge in [-0.1, -0.05) is 0 Å². The molecule has 1 heterocycles. The molecule has 0 aromatic rings. The Balaban J connectivity index is 2.05. The van der Waals surface area contributed by atoms with Crippen LogP contribution in [-0.4, -0.2) is 30.4 Å². The maximum atomic E-state index is 10.3. The van der Waals surface area contributed by atoms with Crippen LogP contribution in [0, 0.1) is 0 Å². The molecule has 1 atom stereocenters. The molecule has 0 radical (unpaired) electrons. The average Bonchev–Trinajstić information content (AvgIpc) is 2.63. The minimum absolute atomic E-state index is 0.211. The molecule has 0 aromatic carbocycles. The summed E-state index contributed by atoms with van der Waals surface area (Å²) in [4.78, 5) is 10.3. The summed E-state index contributed by atoms with van der Waals surface area (Å²) in [5.74, 6) is 0. The molecule has 1 rings (SSSR count). The summed E-state index contributed by atoms with van der Waals surface area (Å²) < 4.78 is 5.37. The van der Waals surface area contributed by atoms with Crippen molar-refractivity contribution < 1.29 is 9.53 Å². The Morgan fingerprint density at radius 3 is 2.93 bits per heavy atom. The van der Waals surface area contributed by atoms with E-state index in [1.165, 1.54) is 0 Å². The van der Waals surface area contributed by atoms with E-state index in [9.17, 15) is 4.79 Å². The van der Waals surface area contributed by atoms with Gasteiger partial charge in [-0.25, -0.2) is 10.2 Å². The van der Waals surface area contributed by atoms with Crippen molar-refractivity contribution in [1.29, 1.82) is 0 Å². The van der Waals surface area contributed by atoms with Crippen molar-refractivity contribution in [2.75, 3.05) is 13.2 Å². The van der Waals surface area contributed by atoms with Crippen molar-refractivity contribution in [2.45, 2.75) is 18.9 Å². The normalized spacial score (nSPS) is 20.1. The summed E-state index contributed by atoms with van der Waals surface area (Å²) in [6.45, 7) is 1.46. The average molecular weight is 218 g/mol. The maximum absolute atomic E-state index is 10.3. The third-order valence-electron chi connectivity index (χ3n) is 1.81. The van der Waals surface area contributed by atoms with Gasteiger partial charge in [0.2, 0.25) is 0 Å². The van der Waals surface area contributed by atoms with E-state index >= 15 is 0 Å². The number of nitrogens with two attached hydrogens (primary N) is 1. The van der Waals surface area contributed by atoms with Gasteiger partial charge < -0.3 is 15.8 Å². The highest BCUT2D eigenvalue weighted by Crippen LogP contribution is 2.10. The van der Waals surface area contributed by atoms with Crippen LogP contribution in [0.1, 0.15) is 12.8 Å². The molecule has 14 heavy (non-hydrogen) atoms. The zero-order valence-corrected chi connectivity index (χ0v) is 8.52. The standard InChI is InChI=1S/C7H14N4O2S/c8-6(12)10-11-7(14)9-4-5-2-1-3-13-5/h5H,1-4H2,(H3,8,10,12)(H2,9,11,14)/t5-/m0/s1. The fourth-order valence-corrected chi connectivity index (χ4v) is 1.31. The number of hydrazine groups is 1. The summed E-state index contributed by atoms with van der Waals surface area (Å²) in [5.41, 5.74) is 9.45. The molecule has 1 aliphatic heterocycles. The van der Waals surface area contributed by atoms with Crippen LogP contribution in [0.5, 0.6) is 0 Å². The van der Waals surface area contributed by atoms with Gasteiger partial charge in [-0.05, 0) is 25.1 Å². The third-order valence-corrected chi connectivity index (χ3v) is 2.06. The van der Waals surface area contributed by atoms with Crippen LogP contribution in [0.3, 0.4) is 0 Å². The monoisotopic (exact) mass is 218 g/mol. The van der Waals surface area contributed by atoms with Gasteiger partial charge in [0, 0.05) is 13.2 Å². The molecule has 0 aromatic heterocycles. The highest BCUT2D eigenvalue weighted by molar-refractivity contribution is 7.80. The van der Waals surface area contributed by atoms with Gasteiger partial charge >= 0.3 is 6.03 Å². The van der Waals surface area contributed by atoms with Crippen molar-refractivity contribution in [2.24, 2.45) is 5.73 Å². The van der Waals surface area contributed by atoms with Crippen molar-refractivity contribution in [3.63, 3.8) is 0 Å². The van der Waals surface area contributed by atoms with Gasteiger partial charge in [-0.3, -0.25) is 5.43 Å². The summed E-state index contributed by atoms with van der Waals surface area (Å²) >= 11 is 4.86. The molecule has 80 valence electrons. The number of nitrogens with one attached hydrogen (secondary N) is 3. The number of primary amides is 1. The van der Waals surface area contributed by atoms with Crippen LogP contribution in [0.15, 0.2) is 0 Å². The predicted molar refractivity (Wildman–Crippen MR) is 55.4 cm³/mol. The van der Waals surface area contributed by atoms with Gasteiger partial charge in [0.25, 0.3) is 0 Å². The summed E-state index contributed by atoms with van der Waals surface area (Å²) in [7, 11) is 0. The van der Waals surface area contributed by atoms with Gasteiger partial charge in [0.05, 0.1) is 6.10 Å². The largest absolute Gasteiger partial charge is 0.376 e. The van der Waals surface area contributed by atoms with Crippen LogP contribution in [0.2, 0.25) is 0 Å². The Bertz CT molecular complexity index is 218. The van der Waals surface area contributed by atoms with E-state index in [4.69, 9.17) is 22.7 Å². The second kappa shape index (κ2) is 5.61. The van der Waals surface area contributed by atoms with E-state index < -0.39 is 6.03 Å². The fraction of sp³-hybridized carbons (Fsp3) is 0.714. The summed E-state index contributed by atoms with van der Waals surface area (Å²) in [6.07, 6.45) is 2.34. The van der Waals surface area contributed by atoms with Crippen LogP contribution in [-0.2, 0) is 4.74 Å². The lowest BCUT2D eigenvalue weighted by Crippen LogP contribution is -2.49. The summed E-state index contributed by atoms with van der Waals surface area (Å²) in [6, 6.07) is -0.675. The molecule has 1 fully saturated rings. The molecule has 0 unspecified atom stereocenters. The Hall–Kier alpha value is -1.08. The van der Waals surface area contributed by atoms with Crippen LogP contribution in [0.4, 0.5) is 4.79 Å². The number of hydrogen-bond donors (Lipinski definition) is 4. The minimum atomic E-state index is -0.675. The number of thiocarbonyl (C=S) groups is 1. The molecule has 6 nitrogen and oxygen atoms in total. The van der Waals surface area contributed by atoms with Gasteiger partial charge in [0.15, 0.2) is 5.11 Å². The molecule has 0 spiro atoms. The van der Waals surface area contributed by atoms with Crippen LogP contribution < -0.4 is 21.9 Å². The van der Waals surface area contributed by atoms with Gasteiger partial charge in [-0.15, -0.1) is 0 Å². The zero-order chi connectivity index (χ0) is 10.4. The lowest BCUT2D eigenvalue weighted by atomic mass is 10.2. The van der Waals surface area contributed by atoms with Crippen molar-refractivity contribution in [3.8, 4) is 0 Å². The Kier molecular flexibility index (Phi) is 4.41. The topological polar surface area (TPSA) is 88.4 Å². The quantitative estimate of drug-likeness (QED) is 0.360. The van der Waals surface area contributed by atoms with E-state index in [2.05, 4.69) is 16.2 Å². The zero-order valence-electron chi connectivity index (χ0n) is 7.71. The van der Waals surface area contributed by atoms with E-state index in [-0.39, 0.29) is 6.10 Å². The second-order valence-electron chi connectivity index (χ2n) is 2.96. The van der Waals surface area contributed by atoms with Gasteiger partial charge in [-0.2, -0.15) is 0 Å². The first-order valence-electron chi connectivity index (χ1n) is 4.39. The van der Waals surface area contributed by atoms with Crippen LogP contribution >= 0.6 is 12.2 Å². The number of carbonyl (C=O) groups excluding carboxylic acids is 1. The minimum Gasteiger partial charge on any atom is -0.376 e. The number of rotatable bonds is 2. The first-order chi connectivity index (χ1) is 6.68. The smallest absolute Gasteiger partial charge is 0.330 e. The number of carbonyl (C=O) groups is 1. The molecule has 7 heteroatoms. The Labute approximate surface area is 87.5 Å². The number of amides is 2. The van der Waals surface area contributed by atoms with Crippen molar-refractivity contribution >= 4 is 23.4 Å². The molecule has 0 bridgehead atoms. The molecule has 2 amide bonds. The van der Waals surface area contributed by atoms with E-state index in [0.717, 1.165) is 19.4 Å². The Morgan fingerprint density at radius 2 is 2.36 bits per heavy atom. The molecule has 1 saturated heterocycles. The molecule has 5 N–H and O–H groups in total. The fourth-order valence-electron chi connectivity index (χ4n) is 1.17. The first-order valence-corrected chi connectivity index (χ1v) is 4.80. The molecule has 0 aliphatic carbocycles. The highest BCUT2D eigenvalue weighted by atomic mass is 32.1. The second-order valence-corrected chi connectivity index (χ2v) is 3.37. The third kappa shape index (κ3) is 4.24. The Morgan fingerprint density at radius 1 is 1.57 bits per heavy atom. The number of ether oxygens (including phenoxy) is 1. The SMILES string of the molecule is NC(=O)NNC(=S)NC[C@@H]1CCCO1. The van der Waals surface area contributed by atoms with E-state index in [1.54, 1.807) is 0 Å². The number of hydrogen-bond acceptors (Lipinski definition) is 3. The van der Waals surface area contributed by atoms with Crippen LogP contribution in [0.25, 0.3) is 0 Å². The highest BCUT2D eigenvalue weighted by Gasteiger charge is 2.14. The van der Waals surface area contributed by atoms with Crippen molar-refractivity contribution in [1.82, 2.24) is 16.2 Å². The maximum Gasteiger partial charge on any atom is 0.330 e. The molecular formula is C7H14N4O2S. The lowest BCUT2D eigenvalue weighted by Gasteiger charge is -2.13.